The third kappa shape index (κ3) is 3.31. The van der Waals surface area contributed by atoms with Crippen LogP contribution in [0.25, 0.3) is 0 Å². The van der Waals surface area contributed by atoms with Gasteiger partial charge in [-0.1, -0.05) is 30.3 Å². The molecule has 18 heavy (non-hydrogen) atoms. The minimum Gasteiger partial charge on any atom is -0.481 e. The maximum atomic E-state index is 10.9. The fraction of sp³-hybridized carbons (Fsp3) is 0.500. The molecule has 1 unspecified atom stereocenters. The number of hydrogen-bond acceptors (Lipinski definition) is 3. The molecule has 98 valence electrons. The standard InChI is InChI=1S/C14H20N2O2/c1-11(7-12-5-3-2-4-6-12)16-14(8-13(17)18)9-15-10-14/h2-6,11,15-16H,7-10H2,1H3,(H,17,18). The molecule has 2 rings (SSSR count). The lowest BCUT2D eigenvalue weighted by Crippen LogP contribution is -2.70. The molecular formula is C14H20N2O2. The van der Waals surface area contributed by atoms with Crippen molar-refractivity contribution in [3.8, 4) is 0 Å². The van der Waals surface area contributed by atoms with Crippen LogP contribution in [0.15, 0.2) is 30.3 Å². The summed E-state index contributed by atoms with van der Waals surface area (Å²) >= 11 is 0. The van der Waals surface area contributed by atoms with Gasteiger partial charge >= 0.3 is 5.97 Å². The summed E-state index contributed by atoms with van der Waals surface area (Å²) in [6.45, 7) is 3.58. The number of carbonyl (C=O) groups is 1. The van der Waals surface area contributed by atoms with Crippen molar-refractivity contribution in [1.82, 2.24) is 10.6 Å². The molecule has 3 N–H and O–H groups in total. The summed E-state index contributed by atoms with van der Waals surface area (Å²) in [5.74, 6) is -0.740. The van der Waals surface area contributed by atoms with E-state index in [9.17, 15) is 4.79 Å². The SMILES string of the molecule is CC(Cc1ccccc1)NC1(CC(=O)O)CNC1. The number of carboxylic acids is 1. The van der Waals surface area contributed by atoms with Crippen LogP contribution >= 0.6 is 0 Å². The predicted molar refractivity (Wildman–Crippen MR) is 70.6 cm³/mol. The van der Waals surface area contributed by atoms with E-state index in [2.05, 4.69) is 29.7 Å². The zero-order valence-electron chi connectivity index (χ0n) is 10.6. The van der Waals surface area contributed by atoms with E-state index in [1.54, 1.807) is 0 Å². The first-order valence-electron chi connectivity index (χ1n) is 6.34. The van der Waals surface area contributed by atoms with E-state index in [1.807, 2.05) is 18.2 Å². The van der Waals surface area contributed by atoms with Crippen LogP contribution in [-0.2, 0) is 11.2 Å². The molecule has 1 aliphatic rings. The molecule has 1 aromatic rings. The van der Waals surface area contributed by atoms with Crippen molar-refractivity contribution in [2.75, 3.05) is 13.1 Å². The lowest BCUT2D eigenvalue weighted by Gasteiger charge is -2.44. The fourth-order valence-electron chi connectivity index (χ4n) is 2.54. The van der Waals surface area contributed by atoms with Crippen LogP contribution in [0.3, 0.4) is 0 Å². The Kier molecular flexibility index (Phi) is 3.99. The van der Waals surface area contributed by atoms with Gasteiger partial charge in [-0.3, -0.25) is 4.79 Å². The highest BCUT2D eigenvalue weighted by Gasteiger charge is 2.39. The number of carboxylic acid groups (broad SMARTS) is 1. The molecule has 1 aliphatic heterocycles. The van der Waals surface area contributed by atoms with Gasteiger partial charge < -0.3 is 15.7 Å². The zero-order valence-corrected chi connectivity index (χ0v) is 10.6. The van der Waals surface area contributed by atoms with E-state index in [0.717, 1.165) is 19.5 Å². The summed E-state index contributed by atoms with van der Waals surface area (Å²) < 4.78 is 0. The van der Waals surface area contributed by atoms with Crippen molar-refractivity contribution in [2.24, 2.45) is 0 Å². The number of benzene rings is 1. The number of rotatable bonds is 6. The van der Waals surface area contributed by atoms with Gasteiger partial charge in [0.1, 0.15) is 0 Å². The van der Waals surface area contributed by atoms with Crippen molar-refractivity contribution in [2.45, 2.75) is 31.3 Å². The summed E-state index contributed by atoms with van der Waals surface area (Å²) in [6, 6.07) is 10.5. The van der Waals surface area contributed by atoms with Crippen molar-refractivity contribution in [1.29, 1.82) is 0 Å². The first-order chi connectivity index (χ1) is 8.60. The van der Waals surface area contributed by atoms with E-state index >= 15 is 0 Å². The molecule has 1 fully saturated rings. The highest BCUT2D eigenvalue weighted by atomic mass is 16.4. The Hall–Kier alpha value is -1.39. The average Bonchev–Trinajstić information content (AvgIpc) is 2.26. The maximum absolute atomic E-state index is 10.9. The Labute approximate surface area is 107 Å². The monoisotopic (exact) mass is 248 g/mol. The molecule has 0 aliphatic carbocycles. The van der Waals surface area contributed by atoms with Crippen molar-refractivity contribution in [3.63, 3.8) is 0 Å². The quantitative estimate of drug-likeness (QED) is 0.703. The van der Waals surface area contributed by atoms with Crippen LogP contribution in [0.2, 0.25) is 0 Å². The third-order valence-corrected chi connectivity index (χ3v) is 3.35. The van der Waals surface area contributed by atoms with Crippen molar-refractivity contribution in [3.05, 3.63) is 35.9 Å². The summed E-state index contributed by atoms with van der Waals surface area (Å²) in [7, 11) is 0. The average molecular weight is 248 g/mol. The third-order valence-electron chi connectivity index (χ3n) is 3.35. The van der Waals surface area contributed by atoms with E-state index < -0.39 is 5.97 Å². The van der Waals surface area contributed by atoms with Crippen LogP contribution in [0.5, 0.6) is 0 Å². The van der Waals surface area contributed by atoms with E-state index in [0.29, 0.717) is 0 Å². The van der Waals surface area contributed by atoms with Gasteiger partial charge in [0.15, 0.2) is 0 Å². The molecule has 0 aromatic heterocycles. The number of nitrogens with one attached hydrogen (secondary N) is 2. The van der Waals surface area contributed by atoms with Gasteiger partial charge in [-0.05, 0) is 18.9 Å². The molecule has 1 saturated heterocycles. The second-order valence-electron chi connectivity index (χ2n) is 5.19. The summed E-state index contributed by atoms with van der Waals surface area (Å²) in [5, 5.41) is 15.6. The molecule has 0 bridgehead atoms. The molecular weight excluding hydrogens is 228 g/mol. The molecule has 0 radical (unpaired) electrons. The molecule has 0 amide bonds. The van der Waals surface area contributed by atoms with Crippen LogP contribution in [0.4, 0.5) is 0 Å². The van der Waals surface area contributed by atoms with Gasteiger partial charge in [0.25, 0.3) is 0 Å². The number of aliphatic carboxylic acids is 1. The van der Waals surface area contributed by atoms with Crippen molar-refractivity contribution >= 4 is 5.97 Å². The van der Waals surface area contributed by atoms with Gasteiger partial charge in [-0.2, -0.15) is 0 Å². The Morgan fingerprint density at radius 3 is 2.61 bits per heavy atom. The van der Waals surface area contributed by atoms with Gasteiger partial charge in [0.2, 0.25) is 0 Å². The second-order valence-corrected chi connectivity index (χ2v) is 5.19. The predicted octanol–water partition coefficient (Wildman–Crippen LogP) is 1.02. The lowest BCUT2D eigenvalue weighted by atomic mass is 9.87. The summed E-state index contributed by atoms with van der Waals surface area (Å²) in [4.78, 5) is 10.9. The largest absolute Gasteiger partial charge is 0.481 e. The molecule has 1 heterocycles. The van der Waals surface area contributed by atoms with E-state index in [4.69, 9.17) is 5.11 Å². The lowest BCUT2D eigenvalue weighted by molar-refractivity contribution is -0.139. The van der Waals surface area contributed by atoms with E-state index in [-0.39, 0.29) is 18.0 Å². The topological polar surface area (TPSA) is 61.4 Å². The van der Waals surface area contributed by atoms with Crippen LogP contribution < -0.4 is 10.6 Å². The normalized spacial score (nSPS) is 18.9. The first-order valence-corrected chi connectivity index (χ1v) is 6.34. The van der Waals surface area contributed by atoms with Crippen LogP contribution in [-0.4, -0.2) is 35.7 Å². The molecule has 1 atom stereocenters. The van der Waals surface area contributed by atoms with Gasteiger partial charge in [-0.15, -0.1) is 0 Å². The maximum Gasteiger partial charge on any atom is 0.305 e. The zero-order chi connectivity index (χ0) is 13.0. The summed E-state index contributed by atoms with van der Waals surface area (Å²) in [6.07, 6.45) is 1.10. The minimum atomic E-state index is -0.740. The molecule has 4 nitrogen and oxygen atoms in total. The number of hydrogen-bond donors (Lipinski definition) is 3. The Bertz CT molecular complexity index is 402. The Morgan fingerprint density at radius 1 is 1.44 bits per heavy atom. The first kappa shape index (κ1) is 13.1. The molecule has 1 aromatic carbocycles. The summed E-state index contributed by atoms with van der Waals surface area (Å²) in [5.41, 5.74) is 1.01. The highest BCUT2D eigenvalue weighted by Crippen LogP contribution is 2.18. The van der Waals surface area contributed by atoms with Gasteiger partial charge in [0.05, 0.1) is 12.0 Å². The Balaban J connectivity index is 1.90. The fourth-order valence-corrected chi connectivity index (χ4v) is 2.54. The minimum absolute atomic E-state index is 0.180. The molecule has 0 saturated carbocycles. The molecule has 4 heteroatoms. The van der Waals surface area contributed by atoms with E-state index in [1.165, 1.54) is 5.56 Å². The van der Waals surface area contributed by atoms with Gasteiger partial charge in [-0.25, -0.2) is 0 Å². The smallest absolute Gasteiger partial charge is 0.305 e. The highest BCUT2D eigenvalue weighted by molar-refractivity contribution is 5.68. The second kappa shape index (κ2) is 5.50. The Morgan fingerprint density at radius 2 is 2.11 bits per heavy atom. The van der Waals surface area contributed by atoms with Crippen molar-refractivity contribution < 1.29 is 9.90 Å². The van der Waals surface area contributed by atoms with Gasteiger partial charge in [0, 0.05) is 19.1 Å². The van der Waals surface area contributed by atoms with Crippen LogP contribution in [0.1, 0.15) is 18.9 Å². The van der Waals surface area contributed by atoms with Crippen LogP contribution in [0, 0.1) is 0 Å². The molecule has 0 spiro atoms.